The van der Waals surface area contributed by atoms with E-state index < -0.39 is 11.7 Å². The molecule has 0 aliphatic rings. The first-order chi connectivity index (χ1) is 9.88. The number of carbonyl (C=O) groups excluding carboxylic acids is 2. The zero-order valence-electron chi connectivity index (χ0n) is 11.7. The number of rotatable bonds is 4. The number of carbonyl (C=O) groups is 2. The second-order valence-electron chi connectivity index (χ2n) is 4.89. The molecule has 5 nitrogen and oxygen atoms in total. The quantitative estimate of drug-likeness (QED) is 0.806. The van der Waals surface area contributed by atoms with Crippen molar-refractivity contribution in [2.45, 2.75) is 19.9 Å². The topological polar surface area (TPSA) is 84.2 Å². The normalized spacial score (nSPS) is 10.9. The van der Waals surface area contributed by atoms with Gasteiger partial charge < -0.3 is 16.4 Å². The molecule has 2 amide bonds. The van der Waals surface area contributed by atoms with E-state index in [1.165, 1.54) is 23.5 Å². The first-order valence-electron chi connectivity index (χ1n) is 6.43. The molecule has 2 aromatic rings. The van der Waals surface area contributed by atoms with Gasteiger partial charge in [0, 0.05) is 16.1 Å². The van der Waals surface area contributed by atoms with Crippen molar-refractivity contribution in [1.82, 2.24) is 10.6 Å². The Morgan fingerprint density at radius 1 is 1.38 bits per heavy atom. The van der Waals surface area contributed by atoms with Crippen molar-refractivity contribution in [3.05, 3.63) is 28.9 Å². The minimum absolute atomic E-state index is 0.00627. The van der Waals surface area contributed by atoms with Crippen LogP contribution in [0, 0.1) is 5.82 Å². The van der Waals surface area contributed by atoms with Gasteiger partial charge in [0.25, 0.3) is 5.91 Å². The number of amides is 2. The van der Waals surface area contributed by atoms with E-state index in [0.717, 1.165) is 4.70 Å². The van der Waals surface area contributed by atoms with Crippen molar-refractivity contribution in [2.24, 2.45) is 0 Å². The molecule has 4 N–H and O–H groups in total. The van der Waals surface area contributed by atoms with E-state index in [0.29, 0.717) is 5.39 Å². The van der Waals surface area contributed by atoms with Gasteiger partial charge in [0.1, 0.15) is 10.7 Å². The Morgan fingerprint density at radius 2 is 2.10 bits per heavy atom. The van der Waals surface area contributed by atoms with E-state index in [4.69, 9.17) is 5.73 Å². The number of nitrogens with one attached hydrogen (secondary N) is 2. The summed E-state index contributed by atoms with van der Waals surface area (Å²) in [5, 5.41) is 5.68. The largest absolute Gasteiger partial charge is 0.397 e. The van der Waals surface area contributed by atoms with Gasteiger partial charge in [0.2, 0.25) is 5.91 Å². The van der Waals surface area contributed by atoms with Crippen LogP contribution in [-0.2, 0) is 4.79 Å². The van der Waals surface area contributed by atoms with Gasteiger partial charge in [-0.3, -0.25) is 9.59 Å². The van der Waals surface area contributed by atoms with Gasteiger partial charge >= 0.3 is 0 Å². The van der Waals surface area contributed by atoms with Crippen LogP contribution in [0.25, 0.3) is 10.1 Å². The van der Waals surface area contributed by atoms with E-state index >= 15 is 0 Å². The molecular formula is C14H16FN3O2S. The van der Waals surface area contributed by atoms with Crippen molar-refractivity contribution in [1.29, 1.82) is 0 Å². The minimum Gasteiger partial charge on any atom is -0.397 e. The molecule has 2 rings (SSSR count). The third-order valence-electron chi connectivity index (χ3n) is 2.75. The molecule has 0 saturated carbocycles. The first-order valence-corrected chi connectivity index (χ1v) is 7.25. The Balaban J connectivity index is 2.13. The molecule has 0 atom stereocenters. The van der Waals surface area contributed by atoms with E-state index in [1.54, 1.807) is 6.07 Å². The lowest BCUT2D eigenvalue weighted by molar-refractivity contribution is -0.120. The van der Waals surface area contributed by atoms with Crippen LogP contribution in [0.5, 0.6) is 0 Å². The Morgan fingerprint density at radius 3 is 2.76 bits per heavy atom. The van der Waals surface area contributed by atoms with Crippen LogP contribution in [0.3, 0.4) is 0 Å². The van der Waals surface area contributed by atoms with Crippen molar-refractivity contribution in [3.8, 4) is 0 Å². The average molecular weight is 309 g/mol. The highest BCUT2D eigenvalue weighted by Crippen LogP contribution is 2.33. The summed E-state index contributed by atoms with van der Waals surface area (Å²) in [6.07, 6.45) is 0. The van der Waals surface area contributed by atoms with E-state index in [9.17, 15) is 14.0 Å². The highest BCUT2D eigenvalue weighted by Gasteiger charge is 2.17. The fourth-order valence-corrected chi connectivity index (χ4v) is 2.89. The summed E-state index contributed by atoms with van der Waals surface area (Å²) in [6, 6.07) is 4.19. The van der Waals surface area contributed by atoms with Crippen molar-refractivity contribution < 1.29 is 14.0 Å². The Kier molecular flexibility index (Phi) is 4.42. The van der Waals surface area contributed by atoms with Gasteiger partial charge in [-0.2, -0.15) is 0 Å². The summed E-state index contributed by atoms with van der Waals surface area (Å²) in [6.45, 7) is 3.54. The molecule has 1 aromatic heterocycles. The van der Waals surface area contributed by atoms with Crippen molar-refractivity contribution >= 4 is 38.9 Å². The van der Waals surface area contributed by atoms with Crippen LogP contribution in [0.1, 0.15) is 23.5 Å². The third-order valence-corrected chi connectivity index (χ3v) is 3.94. The lowest BCUT2D eigenvalue weighted by Gasteiger charge is -2.08. The molecule has 0 aliphatic heterocycles. The predicted molar refractivity (Wildman–Crippen MR) is 81.8 cm³/mol. The van der Waals surface area contributed by atoms with Crippen LogP contribution in [0.15, 0.2) is 18.2 Å². The minimum atomic E-state index is -0.437. The van der Waals surface area contributed by atoms with Crippen molar-refractivity contribution in [3.63, 3.8) is 0 Å². The Bertz CT molecular complexity index is 697. The predicted octanol–water partition coefficient (Wildman–Crippen LogP) is 1.88. The lowest BCUT2D eigenvalue weighted by atomic mass is 10.2. The molecule has 0 spiro atoms. The zero-order chi connectivity index (χ0) is 15.6. The molecule has 0 bridgehead atoms. The summed E-state index contributed by atoms with van der Waals surface area (Å²) < 4.78 is 13.9. The maximum absolute atomic E-state index is 13.2. The summed E-state index contributed by atoms with van der Waals surface area (Å²) in [4.78, 5) is 23.8. The SMILES string of the molecule is CC(C)NC(=O)CNC(=O)c1sc2ccc(F)cc2c1N. The fraction of sp³-hybridized carbons (Fsp3) is 0.286. The van der Waals surface area contributed by atoms with Crippen LogP contribution in [0.4, 0.5) is 10.1 Å². The average Bonchev–Trinajstić information content (AvgIpc) is 2.73. The molecule has 0 aliphatic carbocycles. The fourth-order valence-electron chi connectivity index (χ4n) is 1.87. The molecule has 112 valence electrons. The van der Waals surface area contributed by atoms with E-state index in [1.807, 2.05) is 13.8 Å². The molecule has 0 fully saturated rings. The lowest BCUT2D eigenvalue weighted by Crippen LogP contribution is -2.39. The van der Waals surface area contributed by atoms with E-state index in [-0.39, 0.29) is 29.1 Å². The number of nitrogens with two attached hydrogens (primary N) is 1. The van der Waals surface area contributed by atoms with Gasteiger partial charge in [-0.05, 0) is 32.0 Å². The number of thiophene rings is 1. The number of nitrogen functional groups attached to an aromatic ring is 1. The first kappa shape index (κ1) is 15.2. The molecule has 1 heterocycles. The highest BCUT2D eigenvalue weighted by atomic mass is 32.1. The number of anilines is 1. The summed E-state index contributed by atoms with van der Waals surface area (Å²) in [7, 11) is 0. The number of halogens is 1. The highest BCUT2D eigenvalue weighted by molar-refractivity contribution is 7.21. The van der Waals surface area contributed by atoms with Gasteiger partial charge in [0.05, 0.1) is 12.2 Å². The summed E-state index contributed by atoms with van der Waals surface area (Å²) in [5.74, 6) is -1.12. The van der Waals surface area contributed by atoms with Crippen molar-refractivity contribution in [2.75, 3.05) is 12.3 Å². The zero-order valence-corrected chi connectivity index (χ0v) is 12.5. The summed E-state index contributed by atoms with van der Waals surface area (Å²) in [5.41, 5.74) is 6.11. The molecule has 0 radical (unpaired) electrons. The van der Waals surface area contributed by atoms with Crippen LogP contribution < -0.4 is 16.4 Å². The molecule has 1 aromatic carbocycles. The maximum Gasteiger partial charge on any atom is 0.263 e. The van der Waals surface area contributed by atoms with Crippen LogP contribution in [0.2, 0.25) is 0 Å². The van der Waals surface area contributed by atoms with E-state index in [2.05, 4.69) is 10.6 Å². The van der Waals surface area contributed by atoms with Gasteiger partial charge in [-0.25, -0.2) is 4.39 Å². The molecular weight excluding hydrogens is 293 g/mol. The molecule has 0 unspecified atom stereocenters. The number of hydrogen-bond acceptors (Lipinski definition) is 4. The Hall–Kier alpha value is -2.15. The van der Waals surface area contributed by atoms with Crippen LogP contribution >= 0.6 is 11.3 Å². The number of hydrogen-bond donors (Lipinski definition) is 3. The second-order valence-corrected chi connectivity index (χ2v) is 5.94. The summed E-state index contributed by atoms with van der Waals surface area (Å²) >= 11 is 1.17. The monoisotopic (exact) mass is 309 g/mol. The standard InChI is InChI=1S/C14H16FN3O2S/c1-7(2)18-11(19)6-17-14(20)13-12(16)9-5-8(15)3-4-10(9)21-13/h3-5,7H,6,16H2,1-2H3,(H,17,20)(H,18,19). The van der Waals surface area contributed by atoms with Gasteiger partial charge in [-0.15, -0.1) is 11.3 Å². The second kappa shape index (κ2) is 6.09. The smallest absolute Gasteiger partial charge is 0.263 e. The number of fused-ring (bicyclic) bond motifs is 1. The maximum atomic E-state index is 13.2. The molecule has 21 heavy (non-hydrogen) atoms. The van der Waals surface area contributed by atoms with Gasteiger partial charge in [-0.1, -0.05) is 0 Å². The van der Waals surface area contributed by atoms with Crippen LogP contribution in [-0.4, -0.2) is 24.4 Å². The molecule has 7 heteroatoms. The molecule has 0 saturated heterocycles. The number of benzene rings is 1. The van der Waals surface area contributed by atoms with Gasteiger partial charge in [0.15, 0.2) is 0 Å². The third kappa shape index (κ3) is 3.49. The Labute approximate surface area is 125 Å².